The van der Waals surface area contributed by atoms with Gasteiger partial charge in [0.15, 0.2) is 0 Å². The number of hydrogen-bond acceptors (Lipinski definition) is 3. The zero-order valence-corrected chi connectivity index (χ0v) is 7.68. The quantitative estimate of drug-likeness (QED) is 0.745. The molecule has 1 aromatic rings. The van der Waals surface area contributed by atoms with E-state index in [0.717, 1.165) is 5.56 Å². The van der Waals surface area contributed by atoms with Gasteiger partial charge in [-0.3, -0.25) is 0 Å². The molecule has 1 rings (SSSR count). The van der Waals surface area contributed by atoms with Crippen LogP contribution in [0.5, 0.6) is 11.8 Å². The Bertz CT molecular complexity index is 222. The van der Waals surface area contributed by atoms with Crippen LogP contribution < -0.4 is 9.47 Å². The van der Waals surface area contributed by atoms with Crippen molar-refractivity contribution in [2.24, 2.45) is 0 Å². The number of hydrogen-bond donors (Lipinski definition) is 1. The number of ether oxygens (including phenoxy) is 2. The molecule has 0 aliphatic rings. The normalized spacial score (nSPS) is 9.92. The molecule has 0 unspecified atom stereocenters. The third-order valence-corrected chi connectivity index (χ3v) is 1.49. The van der Waals surface area contributed by atoms with E-state index in [1.807, 2.05) is 20.8 Å². The summed E-state index contributed by atoms with van der Waals surface area (Å²) < 4.78 is 10.5. The molecule has 0 radical (unpaired) electrons. The molecule has 0 atom stereocenters. The van der Waals surface area contributed by atoms with Gasteiger partial charge in [-0.2, -0.15) is 0 Å². The first-order chi connectivity index (χ1) is 5.79. The first-order valence-electron chi connectivity index (χ1n) is 4.10. The molecule has 0 aliphatic heterocycles. The predicted molar refractivity (Wildman–Crippen MR) is 45.7 cm³/mol. The molecule has 1 heterocycles. The second-order valence-corrected chi connectivity index (χ2v) is 2.35. The van der Waals surface area contributed by atoms with Crippen LogP contribution in [0.4, 0.5) is 0 Å². The third-order valence-electron chi connectivity index (χ3n) is 1.49. The van der Waals surface area contributed by atoms with Crippen molar-refractivity contribution in [3.63, 3.8) is 0 Å². The smallest absolute Gasteiger partial charge is 0.239 e. The zero-order valence-electron chi connectivity index (χ0n) is 7.68. The SMILES string of the molecule is CCOc1n[nH]c(OCC)c1C. The van der Waals surface area contributed by atoms with Crippen LogP contribution in [0, 0.1) is 6.92 Å². The van der Waals surface area contributed by atoms with Gasteiger partial charge in [0.25, 0.3) is 0 Å². The highest BCUT2D eigenvalue weighted by molar-refractivity contribution is 5.33. The molecule has 1 aromatic heterocycles. The molecule has 0 bridgehead atoms. The number of aromatic nitrogens is 2. The van der Waals surface area contributed by atoms with E-state index in [-0.39, 0.29) is 0 Å². The van der Waals surface area contributed by atoms with Crippen molar-refractivity contribution < 1.29 is 9.47 Å². The fraction of sp³-hybridized carbons (Fsp3) is 0.625. The molecule has 0 aliphatic carbocycles. The summed E-state index contributed by atoms with van der Waals surface area (Å²) >= 11 is 0. The Morgan fingerprint density at radius 2 is 1.92 bits per heavy atom. The van der Waals surface area contributed by atoms with Crippen molar-refractivity contribution in [2.75, 3.05) is 13.2 Å². The fourth-order valence-electron chi connectivity index (χ4n) is 0.928. The Kier molecular flexibility index (Phi) is 2.96. The Balaban J connectivity index is 2.74. The standard InChI is InChI=1S/C8H14N2O2/c1-4-11-7-6(3)8(10-9-7)12-5-2/h4-5H2,1-3H3,(H,9,10). The van der Waals surface area contributed by atoms with E-state index in [0.29, 0.717) is 25.0 Å². The van der Waals surface area contributed by atoms with E-state index in [1.54, 1.807) is 0 Å². The second kappa shape index (κ2) is 3.99. The van der Waals surface area contributed by atoms with Gasteiger partial charge in [0.2, 0.25) is 11.8 Å². The lowest BCUT2D eigenvalue weighted by atomic mass is 10.4. The van der Waals surface area contributed by atoms with Crippen LogP contribution in [0.1, 0.15) is 19.4 Å². The highest BCUT2D eigenvalue weighted by Gasteiger charge is 2.09. The summed E-state index contributed by atoms with van der Waals surface area (Å²) in [4.78, 5) is 0. The third kappa shape index (κ3) is 1.69. The number of aromatic amines is 1. The summed E-state index contributed by atoms with van der Waals surface area (Å²) in [6, 6.07) is 0. The molecule has 0 spiro atoms. The molecule has 1 N–H and O–H groups in total. The molecule has 0 fully saturated rings. The molecule has 4 heteroatoms. The number of nitrogens with zero attached hydrogens (tertiary/aromatic N) is 1. The van der Waals surface area contributed by atoms with E-state index in [9.17, 15) is 0 Å². The molecule has 0 aromatic carbocycles. The number of rotatable bonds is 4. The first-order valence-corrected chi connectivity index (χ1v) is 4.10. The molecule has 4 nitrogen and oxygen atoms in total. The van der Waals surface area contributed by atoms with Gasteiger partial charge in [-0.15, -0.1) is 5.10 Å². The van der Waals surface area contributed by atoms with Crippen LogP contribution in [-0.2, 0) is 0 Å². The van der Waals surface area contributed by atoms with Gasteiger partial charge in [0.1, 0.15) is 0 Å². The highest BCUT2D eigenvalue weighted by atomic mass is 16.5. The van der Waals surface area contributed by atoms with Crippen molar-refractivity contribution in [3.05, 3.63) is 5.56 Å². The molecule has 68 valence electrons. The maximum Gasteiger partial charge on any atom is 0.239 e. The maximum atomic E-state index is 5.27. The highest BCUT2D eigenvalue weighted by Crippen LogP contribution is 2.23. The average molecular weight is 170 g/mol. The van der Waals surface area contributed by atoms with Crippen LogP contribution in [0.15, 0.2) is 0 Å². The Labute approximate surface area is 71.9 Å². The van der Waals surface area contributed by atoms with Gasteiger partial charge in [-0.05, 0) is 20.8 Å². The second-order valence-electron chi connectivity index (χ2n) is 2.35. The van der Waals surface area contributed by atoms with Crippen molar-refractivity contribution in [2.45, 2.75) is 20.8 Å². The van der Waals surface area contributed by atoms with Crippen molar-refractivity contribution in [3.8, 4) is 11.8 Å². The van der Waals surface area contributed by atoms with Gasteiger partial charge in [0.05, 0.1) is 18.8 Å². The molecule has 0 saturated carbocycles. The minimum Gasteiger partial charge on any atom is -0.478 e. The Morgan fingerprint density at radius 3 is 2.50 bits per heavy atom. The summed E-state index contributed by atoms with van der Waals surface area (Å²) in [7, 11) is 0. The van der Waals surface area contributed by atoms with Gasteiger partial charge in [-0.1, -0.05) is 0 Å². The van der Waals surface area contributed by atoms with E-state index < -0.39 is 0 Å². The lowest BCUT2D eigenvalue weighted by molar-refractivity contribution is 0.320. The maximum absolute atomic E-state index is 5.27. The average Bonchev–Trinajstić information content (AvgIpc) is 2.38. The number of nitrogens with one attached hydrogen (secondary N) is 1. The van der Waals surface area contributed by atoms with Crippen molar-refractivity contribution in [1.29, 1.82) is 0 Å². The summed E-state index contributed by atoms with van der Waals surface area (Å²) in [6.45, 7) is 7.03. The van der Waals surface area contributed by atoms with Crippen LogP contribution in [0.25, 0.3) is 0 Å². The first kappa shape index (κ1) is 8.90. The largest absolute Gasteiger partial charge is 0.478 e. The van der Waals surface area contributed by atoms with Gasteiger partial charge in [-0.25, -0.2) is 5.10 Å². The topological polar surface area (TPSA) is 47.1 Å². The lowest BCUT2D eigenvalue weighted by Gasteiger charge is -2.00. The Morgan fingerprint density at radius 1 is 1.25 bits per heavy atom. The van der Waals surface area contributed by atoms with Crippen LogP contribution >= 0.6 is 0 Å². The molecule has 0 amide bonds. The van der Waals surface area contributed by atoms with E-state index >= 15 is 0 Å². The van der Waals surface area contributed by atoms with Gasteiger partial charge >= 0.3 is 0 Å². The predicted octanol–water partition coefficient (Wildman–Crippen LogP) is 1.52. The molecular weight excluding hydrogens is 156 g/mol. The zero-order chi connectivity index (χ0) is 8.97. The Hall–Kier alpha value is -1.19. The summed E-state index contributed by atoms with van der Waals surface area (Å²) in [5, 5.41) is 6.71. The lowest BCUT2D eigenvalue weighted by Crippen LogP contribution is -1.94. The van der Waals surface area contributed by atoms with Crippen LogP contribution in [-0.4, -0.2) is 23.4 Å². The minimum absolute atomic E-state index is 0.622. The van der Waals surface area contributed by atoms with E-state index in [2.05, 4.69) is 10.2 Å². The van der Waals surface area contributed by atoms with Gasteiger partial charge in [0, 0.05) is 0 Å². The molecule has 12 heavy (non-hydrogen) atoms. The van der Waals surface area contributed by atoms with Crippen LogP contribution in [0.3, 0.4) is 0 Å². The molecule has 0 saturated heterocycles. The minimum atomic E-state index is 0.622. The fourth-order valence-corrected chi connectivity index (χ4v) is 0.928. The monoisotopic (exact) mass is 170 g/mol. The molecular formula is C8H14N2O2. The summed E-state index contributed by atoms with van der Waals surface area (Å²) in [6.07, 6.45) is 0. The van der Waals surface area contributed by atoms with E-state index in [1.165, 1.54) is 0 Å². The van der Waals surface area contributed by atoms with Crippen molar-refractivity contribution >= 4 is 0 Å². The van der Waals surface area contributed by atoms with Gasteiger partial charge < -0.3 is 9.47 Å². The van der Waals surface area contributed by atoms with E-state index in [4.69, 9.17) is 9.47 Å². The summed E-state index contributed by atoms with van der Waals surface area (Å²) in [5.74, 6) is 1.32. The summed E-state index contributed by atoms with van der Waals surface area (Å²) in [5.41, 5.74) is 0.929. The number of H-pyrrole nitrogens is 1. The van der Waals surface area contributed by atoms with Crippen LogP contribution in [0.2, 0.25) is 0 Å². The van der Waals surface area contributed by atoms with Crippen molar-refractivity contribution in [1.82, 2.24) is 10.2 Å².